The van der Waals surface area contributed by atoms with E-state index < -0.39 is 43.4 Å². The number of hydrogen-bond acceptors (Lipinski definition) is 8. The first kappa shape index (κ1) is 21.9. The monoisotopic (exact) mass is 416 g/mol. The van der Waals surface area contributed by atoms with Crippen LogP contribution in [0.3, 0.4) is 0 Å². The quantitative estimate of drug-likeness (QED) is 0.361. The highest BCUT2D eigenvalue weighted by Gasteiger charge is 2.66. The SMILES string of the molecule is C[C@]1(CO[C@@H]2O[C@H](CO)[C@@H](O)[C@H](O)[C@H]2O)C[C@@H](O)[C@@]23CC[C@H](O)[C@@](C)(CC[C@H]12)C3. The highest BCUT2D eigenvalue weighted by atomic mass is 16.7. The molecule has 6 N–H and O–H groups in total. The van der Waals surface area contributed by atoms with Crippen molar-refractivity contribution in [1.82, 2.24) is 0 Å². The van der Waals surface area contributed by atoms with E-state index in [9.17, 15) is 30.6 Å². The number of fused-ring (bicyclic) bond motifs is 1. The fraction of sp³-hybridized carbons (Fsp3) is 1.00. The van der Waals surface area contributed by atoms with Gasteiger partial charge >= 0.3 is 0 Å². The fourth-order valence-electron chi connectivity index (χ4n) is 7.01. The lowest BCUT2D eigenvalue weighted by Crippen LogP contribution is -2.59. The van der Waals surface area contributed by atoms with Crippen molar-refractivity contribution < 1.29 is 40.1 Å². The van der Waals surface area contributed by atoms with Crippen LogP contribution in [0.15, 0.2) is 0 Å². The van der Waals surface area contributed by atoms with Crippen LogP contribution in [0, 0.1) is 22.2 Å². The van der Waals surface area contributed by atoms with Crippen LogP contribution in [0.5, 0.6) is 0 Å². The van der Waals surface area contributed by atoms with Gasteiger partial charge in [0.2, 0.25) is 0 Å². The molecule has 0 aromatic carbocycles. The van der Waals surface area contributed by atoms with Crippen molar-refractivity contribution in [2.75, 3.05) is 13.2 Å². The van der Waals surface area contributed by atoms with E-state index in [1.807, 2.05) is 0 Å². The average molecular weight is 417 g/mol. The van der Waals surface area contributed by atoms with Gasteiger partial charge in [0.05, 0.1) is 25.4 Å². The molecular weight excluding hydrogens is 380 g/mol. The molecule has 4 fully saturated rings. The number of aliphatic hydroxyl groups excluding tert-OH is 6. The van der Waals surface area contributed by atoms with Crippen molar-refractivity contribution in [3.05, 3.63) is 0 Å². The first-order valence-electron chi connectivity index (χ1n) is 10.8. The number of ether oxygens (including phenoxy) is 2. The standard InChI is InChI=1S/C21H36O8/c1-19-5-3-12-20(2,7-14(24)21(12,9-19)6-4-13(19)23)10-28-18-17(27)16(26)15(25)11(8-22)29-18/h11-18,22-27H,3-10H2,1-2H3/t11-,12-,13+,14-,15-,16+,17-,18-,19+,20-,21-/m1/s1. The minimum Gasteiger partial charge on any atom is -0.394 e. The highest BCUT2D eigenvalue weighted by Crippen LogP contribution is 2.68. The van der Waals surface area contributed by atoms with E-state index in [0.29, 0.717) is 12.8 Å². The molecule has 1 spiro atoms. The molecule has 0 amide bonds. The molecular formula is C21H36O8. The van der Waals surface area contributed by atoms with E-state index in [4.69, 9.17) is 9.47 Å². The van der Waals surface area contributed by atoms with Crippen LogP contribution in [-0.2, 0) is 9.47 Å². The highest BCUT2D eigenvalue weighted by molar-refractivity contribution is 5.15. The van der Waals surface area contributed by atoms with Crippen LogP contribution in [-0.4, -0.2) is 86.8 Å². The van der Waals surface area contributed by atoms with Gasteiger partial charge in [-0.2, -0.15) is 0 Å². The maximum absolute atomic E-state index is 11.1. The second kappa shape index (κ2) is 7.38. The predicted molar refractivity (Wildman–Crippen MR) is 102 cm³/mol. The van der Waals surface area contributed by atoms with E-state index in [1.54, 1.807) is 0 Å². The van der Waals surface area contributed by atoms with Crippen LogP contribution >= 0.6 is 0 Å². The zero-order valence-electron chi connectivity index (χ0n) is 17.3. The van der Waals surface area contributed by atoms with Gasteiger partial charge < -0.3 is 40.1 Å². The molecule has 3 saturated carbocycles. The van der Waals surface area contributed by atoms with Crippen molar-refractivity contribution in [3.63, 3.8) is 0 Å². The van der Waals surface area contributed by atoms with Crippen molar-refractivity contribution >= 4 is 0 Å². The molecule has 168 valence electrons. The molecule has 8 heteroatoms. The van der Waals surface area contributed by atoms with E-state index in [2.05, 4.69) is 13.8 Å². The molecule has 8 nitrogen and oxygen atoms in total. The Morgan fingerprint density at radius 2 is 1.66 bits per heavy atom. The van der Waals surface area contributed by atoms with Gasteiger partial charge in [0.25, 0.3) is 0 Å². The van der Waals surface area contributed by atoms with Crippen LogP contribution in [0.1, 0.15) is 52.4 Å². The van der Waals surface area contributed by atoms with Crippen molar-refractivity contribution in [2.45, 2.75) is 95.3 Å². The summed E-state index contributed by atoms with van der Waals surface area (Å²) in [7, 11) is 0. The zero-order chi connectivity index (χ0) is 21.2. The maximum Gasteiger partial charge on any atom is 0.186 e. The Hall–Kier alpha value is -0.320. The Balaban J connectivity index is 1.49. The Kier molecular flexibility index (Phi) is 5.57. The Bertz CT molecular complexity index is 615. The van der Waals surface area contributed by atoms with Crippen LogP contribution in [0.4, 0.5) is 0 Å². The summed E-state index contributed by atoms with van der Waals surface area (Å²) in [6.45, 7) is 3.96. The summed E-state index contributed by atoms with van der Waals surface area (Å²) in [6.07, 6.45) is -2.55. The molecule has 4 rings (SSSR count). The van der Waals surface area contributed by atoms with E-state index >= 15 is 0 Å². The molecule has 29 heavy (non-hydrogen) atoms. The van der Waals surface area contributed by atoms with Crippen LogP contribution in [0.25, 0.3) is 0 Å². The zero-order valence-corrected chi connectivity index (χ0v) is 17.3. The second-order valence-electron chi connectivity index (χ2n) is 10.6. The summed E-state index contributed by atoms with van der Waals surface area (Å²) in [5.41, 5.74) is -0.708. The molecule has 0 unspecified atom stereocenters. The first-order chi connectivity index (χ1) is 13.6. The van der Waals surface area contributed by atoms with E-state index in [-0.39, 0.29) is 34.9 Å². The van der Waals surface area contributed by atoms with Gasteiger partial charge in [-0.25, -0.2) is 0 Å². The third-order valence-electron chi connectivity index (χ3n) is 8.71. The van der Waals surface area contributed by atoms with Gasteiger partial charge in [0.15, 0.2) is 6.29 Å². The lowest BCUT2D eigenvalue weighted by atomic mass is 9.49. The fourth-order valence-corrected chi connectivity index (χ4v) is 7.01. The molecule has 4 aliphatic rings. The minimum absolute atomic E-state index is 0.154. The molecule has 3 aliphatic carbocycles. The maximum atomic E-state index is 11.1. The van der Waals surface area contributed by atoms with Crippen LogP contribution in [0.2, 0.25) is 0 Å². The van der Waals surface area contributed by atoms with E-state index in [1.165, 1.54) is 0 Å². The molecule has 0 aromatic rings. The Morgan fingerprint density at radius 3 is 2.34 bits per heavy atom. The summed E-state index contributed by atoms with van der Waals surface area (Å²) >= 11 is 0. The summed E-state index contributed by atoms with van der Waals surface area (Å²) in [5.74, 6) is 0.232. The number of hydrogen-bond donors (Lipinski definition) is 6. The van der Waals surface area contributed by atoms with Gasteiger partial charge in [-0.15, -0.1) is 0 Å². The third-order valence-corrected chi connectivity index (χ3v) is 8.71. The predicted octanol–water partition coefficient (Wildman–Crippen LogP) is -0.479. The van der Waals surface area contributed by atoms with Crippen molar-refractivity contribution in [3.8, 4) is 0 Å². The molecule has 2 bridgehead atoms. The molecule has 11 atom stereocenters. The molecule has 1 aliphatic heterocycles. The minimum atomic E-state index is -1.46. The van der Waals surface area contributed by atoms with Gasteiger partial charge in [0.1, 0.15) is 24.4 Å². The summed E-state index contributed by atoms with van der Waals surface area (Å²) < 4.78 is 11.4. The topological polar surface area (TPSA) is 140 Å². The number of rotatable bonds is 4. The summed E-state index contributed by atoms with van der Waals surface area (Å²) in [5, 5.41) is 61.1. The molecule has 0 aromatic heterocycles. The van der Waals surface area contributed by atoms with Crippen molar-refractivity contribution in [2.24, 2.45) is 22.2 Å². The lowest BCUT2D eigenvalue weighted by Gasteiger charge is -2.57. The molecule has 0 radical (unpaired) electrons. The van der Waals surface area contributed by atoms with Crippen LogP contribution < -0.4 is 0 Å². The largest absolute Gasteiger partial charge is 0.394 e. The average Bonchev–Trinajstić information content (AvgIpc) is 2.89. The number of aliphatic hydroxyl groups is 6. The van der Waals surface area contributed by atoms with Crippen molar-refractivity contribution in [1.29, 1.82) is 0 Å². The summed E-state index contributed by atoms with van der Waals surface area (Å²) in [4.78, 5) is 0. The summed E-state index contributed by atoms with van der Waals surface area (Å²) in [6, 6.07) is 0. The Morgan fingerprint density at radius 1 is 0.931 bits per heavy atom. The Labute approximate surface area is 171 Å². The van der Waals surface area contributed by atoms with Gasteiger partial charge in [-0.3, -0.25) is 0 Å². The van der Waals surface area contributed by atoms with Gasteiger partial charge in [-0.05, 0) is 55.3 Å². The van der Waals surface area contributed by atoms with Gasteiger partial charge in [0, 0.05) is 5.41 Å². The third kappa shape index (κ3) is 3.27. The molecule has 1 saturated heterocycles. The molecule has 1 heterocycles. The van der Waals surface area contributed by atoms with E-state index in [0.717, 1.165) is 25.7 Å². The lowest BCUT2D eigenvalue weighted by molar-refractivity contribution is -0.307. The second-order valence-corrected chi connectivity index (χ2v) is 10.6. The normalized spacial score (nSPS) is 57.5. The first-order valence-corrected chi connectivity index (χ1v) is 10.8. The van der Waals surface area contributed by atoms with Gasteiger partial charge in [-0.1, -0.05) is 13.8 Å². The smallest absolute Gasteiger partial charge is 0.186 e.